The Morgan fingerprint density at radius 3 is 2.58 bits per heavy atom. The summed E-state index contributed by atoms with van der Waals surface area (Å²) in [6.07, 6.45) is 2.59. The Kier molecular flexibility index (Phi) is 6.57. The summed E-state index contributed by atoms with van der Waals surface area (Å²) in [5, 5.41) is 0. The molecule has 2 heterocycles. The first-order chi connectivity index (χ1) is 12.3. The van der Waals surface area contributed by atoms with E-state index in [-0.39, 0.29) is 12.3 Å². The summed E-state index contributed by atoms with van der Waals surface area (Å²) in [6, 6.07) is 3.35. The molecule has 0 aliphatic rings. The number of ether oxygens (including phenoxy) is 2. The minimum atomic E-state index is -0.683. The number of carbonyl (C=O) groups is 3. The highest BCUT2D eigenvalue weighted by atomic mass is 79.9. The Labute approximate surface area is 158 Å². The number of ketones is 1. The second kappa shape index (κ2) is 8.66. The van der Waals surface area contributed by atoms with Crippen LogP contribution in [-0.2, 0) is 14.3 Å². The molecule has 0 aliphatic carbocycles. The van der Waals surface area contributed by atoms with Crippen molar-refractivity contribution in [2.45, 2.75) is 20.8 Å². The predicted molar refractivity (Wildman–Crippen MR) is 97.0 cm³/mol. The molecule has 138 valence electrons. The summed E-state index contributed by atoms with van der Waals surface area (Å²) < 4.78 is 15.7. The fraction of sp³-hybridized carbons (Fsp3) is 0.278. The fourth-order valence-corrected chi connectivity index (χ4v) is 2.68. The van der Waals surface area contributed by atoms with Crippen molar-refractivity contribution in [1.82, 2.24) is 4.98 Å². The zero-order valence-corrected chi connectivity index (χ0v) is 16.1. The Morgan fingerprint density at radius 2 is 1.96 bits per heavy atom. The number of rotatable bonds is 7. The highest BCUT2D eigenvalue weighted by molar-refractivity contribution is 9.10. The third-order valence-electron chi connectivity index (χ3n) is 3.52. The number of esters is 2. The Balaban J connectivity index is 1.99. The number of carbonyl (C=O) groups excluding carboxylic acids is 3. The van der Waals surface area contributed by atoms with Crippen LogP contribution in [0.15, 0.2) is 27.3 Å². The van der Waals surface area contributed by atoms with Crippen LogP contribution in [0.2, 0.25) is 0 Å². The molecule has 1 N–H and O–H groups in total. The molecule has 0 amide bonds. The van der Waals surface area contributed by atoms with E-state index in [0.717, 1.165) is 6.08 Å². The van der Waals surface area contributed by atoms with Gasteiger partial charge in [-0.05, 0) is 60.5 Å². The minimum Gasteiger partial charge on any atom is -0.462 e. The van der Waals surface area contributed by atoms with Gasteiger partial charge in [0.25, 0.3) is 0 Å². The molecule has 8 heteroatoms. The van der Waals surface area contributed by atoms with E-state index in [2.05, 4.69) is 20.9 Å². The molecule has 2 rings (SSSR count). The summed E-state index contributed by atoms with van der Waals surface area (Å²) in [4.78, 5) is 38.8. The highest BCUT2D eigenvalue weighted by Gasteiger charge is 2.23. The van der Waals surface area contributed by atoms with Crippen LogP contribution in [0.4, 0.5) is 0 Å². The van der Waals surface area contributed by atoms with Crippen molar-refractivity contribution in [3.63, 3.8) is 0 Å². The van der Waals surface area contributed by atoms with Gasteiger partial charge in [0.1, 0.15) is 5.76 Å². The van der Waals surface area contributed by atoms with E-state index in [4.69, 9.17) is 13.9 Å². The SMILES string of the molecule is CCOC(=O)c1c(C)[nH]c(C(=O)COC(=O)C=Cc2ccc(Br)o2)c1C. The predicted octanol–water partition coefficient (Wildman–Crippen LogP) is 3.60. The zero-order valence-electron chi connectivity index (χ0n) is 14.6. The maximum absolute atomic E-state index is 12.3. The second-order valence-electron chi connectivity index (χ2n) is 5.35. The smallest absolute Gasteiger partial charge is 0.340 e. The first-order valence-corrected chi connectivity index (χ1v) is 8.62. The minimum absolute atomic E-state index is 0.220. The number of aromatic nitrogens is 1. The van der Waals surface area contributed by atoms with Gasteiger partial charge in [0, 0.05) is 11.8 Å². The van der Waals surface area contributed by atoms with Crippen LogP contribution in [0, 0.1) is 13.8 Å². The summed E-state index contributed by atoms with van der Waals surface area (Å²) in [6.45, 7) is 4.80. The monoisotopic (exact) mass is 423 g/mol. The summed E-state index contributed by atoms with van der Waals surface area (Å²) in [7, 11) is 0. The normalized spacial score (nSPS) is 10.9. The molecule has 2 aromatic rings. The van der Waals surface area contributed by atoms with Crippen LogP contribution in [0.3, 0.4) is 0 Å². The van der Waals surface area contributed by atoms with Gasteiger partial charge >= 0.3 is 11.9 Å². The maximum atomic E-state index is 12.3. The average molecular weight is 424 g/mol. The molecule has 0 aliphatic heterocycles. The fourth-order valence-electron chi connectivity index (χ4n) is 2.36. The van der Waals surface area contributed by atoms with Crippen molar-refractivity contribution in [3.05, 3.63) is 51.2 Å². The van der Waals surface area contributed by atoms with E-state index >= 15 is 0 Å². The molecule has 0 saturated carbocycles. The lowest BCUT2D eigenvalue weighted by Crippen LogP contribution is -2.14. The Morgan fingerprint density at radius 1 is 1.23 bits per heavy atom. The zero-order chi connectivity index (χ0) is 19.3. The number of aromatic amines is 1. The standard InChI is InChI=1S/C18H18BrNO6/c1-4-24-18(23)16-10(2)17(20-11(16)3)13(21)9-25-15(22)8-6-12-5-7-14(19)26-12/h5-8,20H,4,9H2,1-3H3. The van der Waals surface area contributed by atoms with Crippen molar-refractivity contribution in [1.29, 1.82) is 0 Å². The van der Waals surface area contributed by atoms with Crippen molar-refractivity contribution < 1.29 is 28.3 Å². The van der Waals surface area contributed by atoms with Crippen LogP contribution < -0.4 is 0 Å². The lowest BCUT2D eigenvalue weighted by atomic mass is 10.1. The molecule has 0 unspecified atom stereocenters. The second-order valence-corrected chi connectivity index (χ2v) is 6.13. The van der Waals surface area contributed by atoms with Gasteiger partial charge < -0.3 is 18.9 Å². The highest BCUT2D eigenvalue weighted by Crippen LogP contribution is 2.20. The number of H-pyrrole nitrogens is 1. The van der Waals surface area contributed by atoms with Crippen molar-refractivity contribution in [3.8, 4) is 0 Å². The van der Waals surface area contributed by atoms with Gasteiger partial charge in [-0.2, -0.15) is 0 Å². The van der Waals surface area contributed by atoms with Crippen LogP contribution >= 0.6 is 15.9 Å². The van der Waals surface area contributed by atoms with Gasteiger partial charge in [0.15, 0.2) is 11.3 Å². The number of hydrogen-bond acceptors (Lipinski definition) is 6. The average Bonchev–Trinajstić information content (AvgIpc) is 3.13. The lowest BCUT2D eigenvalue weighted by Gasteiger charge is -2.03. The van der Waals surface area contributed by atoms with Crippen LogP contribution in [-0.4, -0.2) is 35.9 Å². The number of furan rings is 1. The van der Waals surface area contributed by atoms with Crippen molar-refractivity contribution in [2.24, 2.45) is 0 Å². The third-order valence-corrected chi connectivity index (χ3v) is 3.95. The van der Waals surface area contributed by atoms with E-state index < -0.39 is 24.3 Å². The molecule has 2 aromatic heterocycles. The molecule has 0 radical (unpaired) electrons. The van der Waals surface area contributed by atoms with Gasteiger partial charge in [0.05, 0.1) is 17.9 Å². The van der Waals surface area contributed by atoms with E-state index in [1.807, 2.05) is 0 Å². The van der Waals surface area contributed by atoms with Gasteiger partial charge in [-0.1, -0.05) is 0 Å². The number of halogens is 1. The summed E-state index contributed by atoms with van der Waals surface area (Å²) >= 11 is 3.15. The molecule has 0 spiro atoms. The third kappa shape index (κ3) is 4.72. The lowest BCUT2D eigenvalue weighted by molar-refractivity contribution is -0.136. The Bertz CT molecular complexity index is 861. The van der Waals surface area contributed by atoms with Crippen LogP contribution in [0.25, 0.3) is 6.08 Å². The van der Waals surface area contributed by atoms with Crippen molar-refractivity contribution in [2.75, 3.05) is 13.2 Å². The number of hydrogen-bond donors (Lipinski definition) is 1. The van der Waals surface area contributed by atoms with E-state index in [1.165, 1.54) is 6.08 Å². The van der Waals surface area contributed by atoms with Gasteiger partial charge in [-0.3, -0.25) is 4.79 Å². The van der Waals surface area contributed by atoms with Gasteiger partial charge in [-0.25, -0.2) is 9.59 Å². The van der Waals surface area contributed by atoms with Gasteiger partial charge in [-0.15, -0.1) is 0 Å². The molecular weight excluding hydrogens is 406 g/mol. The maximum Gasteiger partial charge on any atom is 0.340 e. The van der Waals surface area contributed by atoms with E-state index in [0.29, 0.717) is 27.3 Å². The first kappa shape index (κ1) is 19.7. The van der Waals surface area contributed by atoms with Crippen LogP contribution in [0.5, 0.6) is 0 Å². The largest absolute Gasteiger partial charge is 0.462 e. The molecular formula is C18H18BrNO6. The van der Waals surface area contributed by atoms with Gasteiger partial charge in [0.2, 0.25) is 5.78 Å². The Hall–Kier alpha value is -2.61. The molecule has 0 saturated heterocycles. The summed E-state index contributed by atoms with van der Waals surface area (Å²) in [5.74, 6) is -1.15. The number of aryl methyl sites for hydroxylation is 1. The quantitative estimate of drug-likeness (QED) is 0.414. The molecule has 0 atom stereocenters. The summed E-state index contributed by atoms with van der Waals surface area (Å²) in [5.41, 5.74) is 1.54. The van der Waals surface area contributed by atoms with Crippen molar-refractivity contribution >= 4 is 39.7 Å². The molecule has 0 fully saturated rings. The van der Waals surface area contributed by atoms with Crippen LogP contribution in [0.1, 0.15) is 44.8 Å². The van der Waals surface area contributed by atoms with E-state index in [9.17, 15) is 14.4 Å². The molecule has 26 heavy (non-hydrogen) atoms. The number of nitrogens with one attached hydrogen (secondary N) is 1. The molecule has 7 nitrogen and oxygen atoms in total. The molecule has 0 bridgehead atoms. The first-order valence-electron chi connectivity index (χ1n) is 7.83. The topological polar surface area (TPSA) is 98.6 Å². The molecule has 0 aromatic carbocycles. The van der Waals surface area contributed by atoms with E-state index in [1.54, 1.807) is 32.9 Å². The number of Topliss-reactive ketones (excluding diaryl/α,β-unsaturated/α-hetero) is 1.